The molecule has 1 fully saturated rings. The molecule has 3 N–H and O–H groups in total. The molecule has 1 aliphatic heterocycles. The van der Waals surface area contributed by atoms with Crippen LogP contribution in [0.5, 0.6) is 0 Å². The second-order valence-electron chi connectivity index (χ2n) is 5.04. The number of rotatable bonds is 4. The summed E-state index contributed by atoms with van der Waals surface area (Å²) < 4.78 is 0. The number of hydrogen-bond acceptors (Lipinski definition) is 3. The van der Waals surface area contributed by atoms with Gasteiger partial charge in [0.1, 0.15) is 0 Å². The van der Waals surface area contributed by atoms with E-state index in [1.165, 1.54) is 11.1 Å². The second-order valence-corrected chi connectivity index (χ2v) is 5.04. The SMILES string of the molecule is Cl.Cl.Cl.NNC1CN(C(c2ccccc2)c2ccccc2)C1. The molecule has 1 aliphatic rings. The van der Waals surface area contributed by atoms with Crippen molar-refractivity contribution in [1.82, 2.24) is 10.3 Å². The zero-order chi connectivity index (χ0) is 13.1. The molecule has 2 aromatic rings. The third-order valence-corrected chi connectivity index (χ3v) is 3.74. The third kappa shape index (κ3) is 4.59. The predicted octanol–water partition coefficient (Wildman–Crippen LogP) is 3.19. The van der Waals surface area contributed by atoms with Crippen molar-refractivity contribution >= 4 is 37.2 Å². The largest absolute Gasteiger partial charge is 0.289 e. The van der Waals surface area contributed by atoms with Gasteiger partial charge in [0.05, 0.1) is 6.04 Å². The molecule has 0 amide bonds. The highest BCUT2D eigenvalue weighted by atomic mass is 35.5. The van der Waals surface area contributed by atoms with Crippen LogP contribution in [0.1, 0.15) is 17.2 Å². The molecule has 1 heterocycles. The summed E-state index contributed by atoms with van der Waals surface area (Å²) in [6, 6.07) is 22.0. The number of hydrogen-bond donors (Lipinski definition) is 2. The van der Waals surface area contributed by atoms with E-state index in [2.05, 4.69) is 71.0 Å². The van der Waals surface area contributed by atoms with Gasteiger partial charge in [-0.25, -0.2) is 0 Å². The van der Waals surface area contributed by atoms with Gasteiger partial charge in [0.15, 0.2) is 0 Å². The van der Waals surface area contributed by atoms with Crippen LogP contribution in [0.25, 0.3) is 0 Å². The molecular formula is C16H22Cl3N3. The predicted molar refractivity (Wildman–Crippen MR) is 99.2 cm³/mol. The molecule has 0 aliphatic carbocycles. The minimum absolute atomic E-state index is 0. The van der Waals surface area contributed by atoms with Crippen LogP contribution < -0.4 is 11.3 Å². The van der Waals surface area contributed by atoms with Crippen LogP contribution >= 0.6 is 37.2 Å². The number of nitrogens with zero attached hydrogens (tertiary/aromatic N) is 1. The van der Waals surface area contributed by atoms with Crippen LogP contribution in [-0.4, -0.2) is 24.0 Å². The molecule has 0 saturated carbocycles. The Balaban J connectivity index is 0.00000147. The first-order chi connectivity index (χ1) is 9.38. The summed E-state index contributed by atoms with van der Waals surface area (Å²) in [5, 5.41) is 0. The van der Waals surface area contributed by atoms with E-state index in [9.17, 15) is 0 Å². The van der Waals surface area contributed by atoms with Crippen LogP contribution in [0, 0.1) is 0 Å². The number of nitrogens with one attached hydrogen (secondary N) is 1. The van der Waals surface area contributed by atoms with E-state index < -0.39 is 0 Å². The molecule has 0 aromatic heterocycles. The van der Waals surface area contributed by atoms with Crippen molar-refractivity contribution in [2.24, 2.45) is 5.84 Å². The minimum atomic E-state index is 0. The Kier molecular flexibility index (Phi) is 9.69. The summed E-state index contributed by atoms with van der Waals surface area (Å²) >= 11 is 0. The Labute approximate surface area is 150 Å². The summed E-state index contributed by atoms with van der Waals surface area (Å²) in [7, 11) is 0. The number of hydrazine groups is 1. The summed E-state index contributed by atoms with van der Waals surface area (Å²) in [5.41, 5.74) is 5.52. The Morgan fingerprint density at radius 2 is 1.23 bits per heavy atom. The molecule has 0 bridgehead atoms. The van der Waals surface area contributed by atoms with Crippen LogP contribution in [0.15, 0.2) is 60.7 Å². The molecule has 0 atom stereocenters. The molecule has 3 rings (SSSR count). The Morgan fingerprint density at radius 1 is 0.818 bits per heavy atom. The molecule has 22 heavy (non-hydrogen) atoms. The lowest BCUT2D eigenvalue weighted by atomic mass is 9.93. The van der Waals surface area contributed by atoms with Crippen molar-refractivity contribution in [2.45, 2.75) is 12.1 Å². The van der Waals surface area contributed by atoms with Crippen LogP contribution in [-0.2, 0) is 0 Å². The standard InChI is InChI=1S/C16H19N3.3ClH/c17-18-15-11-19(12-15)16(13-7-3-1-4-8-13)14-9-5-2-6-10-14;;;/h1-10,15-16,18H,11-12,17H2;3*1H. The van der Waals surface area contributed by atoms with Crippen molar-refractivity contribution in [3.63, 3.8) is 0 Å². The van der Waals surface area contributed by atoms with Crippen molar-refractivity contribution in [2.75, 3.05) is 13.1 Å². The molecule has 0 radical (unpaired) electrons. The fourth-order valence-electron chi connectivity index (χ4n) is 2.71. The highest BCUT2D eigenvalue weighted by Crippen LogP contribution is 2.31. The van der Waals surface area contributed by atoms with Gasteiger partial charge in [-0.2, -0.15) is 0 Å². The average Bonchev–Trinajstić information content (AvgIpc) is 2.44. The maximum Gasteiger partial charge on any atom is 0.0602 e. The van der Waals surface area contributed by atoms with Gasteiger partial charge in [0.2, 0.25) is 0 Å². The zero-order valence-electron chi connectivity index (χ0n) is 12.1. The summed E-state index contributed by atoms with van der Waals surface area (Å²) in [5.74, 6) is 5.50. The van der Waals surface area contributed by atoms with Gasteiger partial charge in [-0.1, -0.05) is 60.7 Å². The van der Waals surface area contributed by atoms with Crippen molar-refractivity contribution in [1.29, 1.82) is 0 Å². The van der Waals surface area contributed by atoms with E-state index >= 15 is 0 Å². The first-order valence-corrected chi connectivity index (χ1v) is 6.68. The zero-order valence-corrected chi connectivity index (χ0v) is 14.5. The Hall–Kier alpha value is -0.810. The monoisotopic (exact) mass is 361 g/mol. The molecule has 3 nitrogen and oxygen atoms in total. The summed E-state index contributed by atoms with van der Waals surface area (Å²) in [6.07, 6.45) is 0. The van der Waals surface area contributed by atoms with Crippen molar-refractivity contribution < 1.29 is 0 Å². The maximum atomic E-state index is 5.50. The van der Waals surface area contributed by atoms with E-state index in [0.717, 1.165) is 13.1 Å². The summed E-state index contributed by atoms with van der Waals surface area (Å²) in [4.78, 5) is 2.45. The fraction of sp³-hybridized carbons (Fsp3) is 0.250. The first kappa shape index (κ1) is 21.2. The topological polar surface area (TPSA) is 41.3 Å². The Bertz CT molecular complexity index is 479. The molecule has 2 aromatic carbocycles. The molecule has 6 heteroatoms. The van der Waals surface area contributed by atoms with Gasteiger partial charge in [-0.05, 0) is 11.1 Å². The molecule has 0 spiro atoms. The van der Waals surface area contributed by atoms with Gasteiger partial charge < -0.3 is 0 Å². The minimum Gasteiger partial charge on any atom is -0.289 e. The lowest BCUT2D eigenvalue weighted by Gasteiger charge is -2.44. The van der Waals surface area contributed by atoms with Gasteiger partial charge in [0, 0.05) is 19.1 Å². The number of likely N-dealkylation sites (tertiary alicyclic amines) is 1. The number of benzene rings is 2. The normalized spacial score (nSPS) is 14.3. The molecule has 0 unspecified atom stereocenters. The van der Waals surface area contributed by atoms with Crippen LogP contribution in [0.4, 0.5) is 0 Å². The van der Waals surface area contributed by atoms with E-state index in [4.69, 9.17) is 5.84 Å². The molecule has 122 valence electrons. The van der Waals surface area contributed by atoms with E-state index in [-0.39, 0.29) is 37.2 Å². The summed E-state index contributed by atoms with van der Waals surface area (Å²) in [6.45, 7) is 1.98. The van der Waals surface area contributed by atoms with Crippen molar-refractivity contribution in [3.05, 3.63) is 71.8 Å². The van der Waals surface area contributed by atoms with Crippen LogP contribution in [0.2, 0.25) is 0 Å². The van der Waals surface area contributed by atoms with E-state index in [1.54, 1.807) is 0 Å². The van der Waals surface area contributed by atoms with E-state index in [0.29, 0.717) is 12.1 Å². The third-order valence-electron chi connectivity index (χ3n) is 3.74. The molecular weight excluding hydrogens is 341 g/mol. The van der Waals surface area contributed by atoms with Gasteiger partial charge >= 0.3 is 0 Å². The quantitative estimate of drug-likeness (QED) is 0.648. The van der Waals surface area contributed by atoms with Gasteiger partial charge in [-0.15, -0.1) is 37.2 Å². The molecule has 1 saturated heterocycles. The highest BCUT2D eigenvalue weighted by molar-refractivity contribution is 5.86. The smallest absolute Gasteiger partial charge is 0.0602 e. The second kappa shape index (κ2) is 10.1. The highest BCUT2D eigenvalue weighted by Gasteiger charge is 2.33. The fourth-order valence-corrected chi connectivity index (χ4v) is 2.71. The Morgan fingerprint density at radius 3 is 1.59 bits per heavy atom. The maximum absolute atomic E-state index is 5.50. The van der Waals surface area contributed by atoms with Gasteiger partial charge in [-0.3, -0.25) is 16.2 Å². The van der Waals surface area contributed by atoms with E-state index in [1.807, 2.05) is 0 Å². The lowest BCUT2D eigenvalue weighted by molar-refractivity contribution is 0.0935. The lowest BCUT2D eigenvalue weighted by Crippen LogP contribution is -2.60. The number of nitrogens with two attached hydrogens (primary N) is 1. The first-order valence-electron chi connectivity index (χ1n) is 6.68. The average molecular weight is 363 g/mol. The van der Waals surface area contributed by atoms with Crippen LogP contribution in [0.3, 0.4) is 0 Å². The number of halogens is 3. The van der Waals surface area contributed by atoms with Gasteiger partial charge in [0.25, 0.3) is 0 Å². The van der Waals surface area contributed by atoms with Crippen molar-refractivity contribution in [3.8, 4) is 0 Å².